The highest BCUT2D eigenvalue weighted by molar-refractivity contribution is 5.26. The Hall–Kier alpha value is -0.590. The average Bonchev–Trinajstić information content (AvgIpc) is 1.93. The Morgan fingerprint density at radius 3 is 2.50 bits per heavy atom. The third kappa shape index (κ3) is 1.13. The lowest BCUT2D eigenvalue weighted by Crippen LogP contribution is -2.10. The lowest BCUT2D eigenvalue weighted by molar-refractivity contribution is 0.410. The Morgan fingerprint density at radius 2 is 2.00 bits per heavy atom. The molecule has 10 heavy (non-hydrogen) atoms. The Morgan fingerprint density at radius 1 is 1.40 bits per heavy atom. The molecular weight excluding hydrogens is 127 g/mol. The van der Waals surface area contributed by atoms with Gasteiger partial charge in [-0.1, -0.05) is 26.0 Å². The first kappa shape index (κ1) is 7.52. The third-order valence-electron chi connectivity index (χ3n) is 2.21. The van der Waals surface area contributed by atoms with Crippen LogP contribution in [0, 0.1) is 11.8 Å². The minimum Gasteiger partial charge on any atom is -0.211 e. The SMILES string of the molecule is CC1=C(F)C(C)C(C)C=C1. The monoisotopic (exact) mass is 140 g/mol. The molecule has 0 N–H and O–H groups in total. The van der Waals surface area contributed by atoms with E-state index in [1.807, 2.05) is 26.8 Å². The molecule has 0 nitrogen and oxygen atoms in total. The van der Waals surface area contributed by atoms with E-state index in [9.17, 15) is 4.39 Å². The molecule has 1 heteroatoms. The quantitative estimate of drug-likeness (QED) is 0.485. The van der Waals surface area contributed by atoms with E-state index in [1.54, 1.807) is 0 Å². The second-order valence-corrected chi connectivity index (χ2v) is 3.04. The van der Waals surface area contributed by atoms with Crippen LogP contribution in [-0.2, 0) is 0 Å². The summed E-state index contributed by atoms with van der Waals surface area (Å²) in [4.78, 5) is 0. The van der Waals surface area contributed by atoms with Crippen LogP contribution in [0.1, 0.15) is 20.8 Å². The van der Waals surface area contributed by atoms with Crippen LogP contribution in [0.25, 0.3) is 0 Å². The zero-order chi connectivity index (χ0) is 7.72. The van der Waals surface area contributed by atoms with Gasteiger partial charge in [0.2, 0.25) is 0 Å². The van der Waals surface area contributed by atoms with Crippen molar-refractivity contribution in [3.05, 3.63) is 23.6 Å². The fraction of sp³-hybridized carbons (Fsp3) is 0.556. The van der Waals surface area contributed by atoms with Crippen molar-refractivity contribution in [1.82, 2.24) is 0 Å². The van der Waals surface area contributed by atoms with Gasteiger partial charge >= 0.3 is 0 Å². The van der Waals surface area contributed by atoms with Gasteiger partial charge in [0.25, 0.3) is 0 Å². The Bertz CT molecular complexity index is 189. The molecule has 0 aromatic carbocycles. The summed E-state index contributed by atoms with van der Waals surface area (Å²) in [5.41, 5.74) is 0.783. The topological polar surface area (TPSA) is 0 Å². The Kier molecular flexibility index (Phi) is 1.93. The first-order chi connectivity index (χ1) is 4.63. The highest BCUT2D eigenvalue weighted by Gasteiger charge is 2.19. The van der Waals surface area contributed by atoms with Crippen LogP contribution in [0.2, 0.25) is 0 Å². The Balaban J connectivity index is 2.88. The molecule has 0 bridgehead atoms. The van der Waals surface area contributed by atoms with Crippen molar-refractivity contribution in [2.24, 2.45) is 11.8 Å². The molecular formula is C9H13F. The fourth-order valence-corrected chi connectivity index (χ4v) is 1.13. The van der Waals surface area contributed by atoms with Gasteiger partial charge < -0.3 is 0 Å². The fourth-order valence-electron chi connectivity index (χ4n) is 1.13. The van der Waals surface area contributed by atoms with Gasteiger partial charge in [-0.2, -0.15) is 0 Å². The number of rotatable bonds is 0. The van der Waals surface area contributed by atoms with Crippen molar-refractivity contribution < 1.29 is 4.39 Å². The van der Waals surface area contributed by atoms with E-state index in [2.05, 4.69) is 6.08 Å². The molecule has 0 saturated heterocycles. The van der Waals surface area contributed by atoms with Crippen LogP contribution in [0.15, 0.2) is 23.6 Å². The smallest absolute Gasteiger partial charge is 0.106 e. The van der Waals surface area contributed by atoms with Crippen LogP contribution >= 0.6 is 0 Å². The number of hydrogen-bond acceptors (Lipinski definition) is 0. The van der Waals surface area contributed by atoms with Gasteiger partial charge in [0, 0.05) is 5.92 Å². The van der Waals surface area contributed by atoms with Crippen LogP contribution in [0.4, 0.5) is 4.39 Å². The van der Waals surface area contributed by atoms with Crippen molar-refractivity contribution >= 4 is 0 Å². The summed E-state index contributed by atoms with van der Waals surface area (Å²) >= 11 is 0. The third-order valence-corrected chi connectivity index (χ3v) is 2.21. The van der Waals surface area contributed by atoms with Crippen LogP contribution in [0.3, 0.4) is 0 Å². The molecule has 0 spiro atoms. The van der Waals surface area contributed by atoms with E-state index in [0.29, 0.717) is 5.92 Å². The van der Waals surface area contributed by atoms with Crippen molar-refractivity contribution in [2.45, 2.75) is 20.8 Å². The predicted molar refractivity (Wildman–Crippen MR) is 41.3 cm³/mol. The summed E-state index contributed by atoms with van der Waals surface area (Å²) in [5, 5.41) is 0. The molecule has 0 saturated carbocycles. The number of halogens is 1. The van der Waals surface area contributed by atoms with Crippen molar-refractivity contribution in [3.8, 4) is 0 Å². The van der Waals surface area contributed by atoms with Gasteiger partial charge in [0.05, 0.1) is 0 Å². The van der Waals surface area contributed by atoms with Crippen molar-refractivity contribution in [1.29, 1.82) is 0 Å². The average molecular weight is 140 g/mol. The standard InChI is InChI=1S/C9H13F/c1-6-4-5-7(2)9(10)8(6)3/h4-6,8H,1-3H3. The molecule has 0 radical (unpaired) electrons. The first-order valence-corrected chi connectivity index (χ1v) is 3.67. The molecule has 1 aliphatic carbocycles. The summed E-state index contributed by atoms with van der Waals surface area (Å²) in [6.07, 6.45) is 3.92. The van der Waals surface area contributed by atoms with Gasteiger partial charge in [0.1, 0.15) is 5.83 Å². The molecule has 2 unspecified atom stereocenters. The highest BCUT2D eigenvalue weighted by atomic mass is 19.1. The van der Waals surface area contributed by atoms with E-state index in [1.165, 1.54) is 0 Å². The molecule has 0 aliphatic heterocycles. The maximum atomic E-state index is 13.0. The molecule has 1 aliphatic rings. The summed E-state index contributed by atoms with van der Waals surface area (Å²) in [5.74, 6) is 0.476. The largest absolute Gasteiger partial charge is 0.211 e. The normalized spacial score (nSPS) is 33.2. The van der Waals surface area contributed by atoms with Crippen molar-refractivity contribution in [3.63, 3.8) is 0 Å². The highest BCUT2D eigenvalue weighted by Crippen LogP contribution is 2.29. The molecule has 56 valence electrons. The summed E-state index contributed by atoms with van der Waals surface area (Å²) in [6, 6.07) is 0. The van der Waals surface area contributed by atoms with Crippen LogP contribution < -0.4 is 0 Å². The van der Waals surface area contributed by atoms with Gasteiger partial charge in [-0.05, 0) is 18.4 Å². The molecule has 0 aromatic rings. The second-order valence-electron chi connectivity index (χ2n) is 3.04. The second kappa shape index (κ2) is 2.57. The summed E-state index contributed by atoms with van der Waals surface area (Å²) < 4.78 is 13.0. The lowest BCUT2D eigenvalue weighted by Gasteiger charge is -2.19. The van der Waals surface area contributed by atoms with Gasteiger partial charge in [-0.3, -0.25) is 0 Å². The molecule has 1 rings (SSSR count). The minimum absolute atomic E-state index is 0.0509. The van der Waals surface area contributed by atoms with Crippen LogP contribution in [0.5, 0.6) is 0 Å². The minimum atomic E-state index is 0.0509. The van der Waals surface area contributed by atoms with E-state index in [4.69, 9.17) is 0 Å². The zero-order valence-electron chi connectivity index (χ0n) is 6.69. The predicted octanol–water partition coefficient (Wildman–Crippen LogP) is 3.07. The maximum absolute atomic E-state index is 13.0. The van der Waals surface area contributed by atoms with Gasteiger partial charge in [-0.25, -0.2) is 4.39 Å². The van der Waals surface area contributed by atoms with Crippen LogP contribution in [-0.4, -0.2) is 0 Å². The molecule has 0 amide bonds. The van der Waals surface area contributed by atoms with E-state index < -0.39 is 0 Å². The number of allylic oxidation sites excluding steroid dienone is 4. The zero-order valence-corrected chi connectivity index (χ0v) is 6.69. The number of hydrogen-bond donors (Lipinski definition) is 0. The van der Waals surface area contributed by atoms with Gasteiger partial charge in [0.15, 0.2) is 0 Å². The first-order valence-electron chi connectivity index (χ1n) is 3.67. The summed E-state index contributed by atoms with van der Waals surface area (Å²) in [6.45, 7) is 5.77. The molecule has 2 atom stereocenters. The summed E-state index contributed by atoms with van der Waals surface area (Å²) in [7, 11) is 0. The van der Waals surface area contributed by atoms with Crippen molar-refractivity contribution in [2.75, 3.05) is 0 Å². The van der Waals surface area contributed by atoms with E-state index in [0.717, 1.165) is 5.57 Å². The molecule has 0 heterocycles. The van der Waals surface area contributed by atoms with E-state index in [-0.39, 0.29) is 11.7 Å². The lowest BCUT2D eigenvalue weighted by atomic mass is 9.88. The van der Waals surface area contributed by atoms with E-state index >= 15 is 0 Å². The molecule has 0 fully saturated rings. The molecule has 0 aromatic heterocycles. The Labute approximate surface area is 61.4 Å². The van der Waals surface area contributed by atoms with Gasteiger partial charge in [-0.15, -0.1) is 0 Å². The maximum Gasteiger partial charge on any atom is 0.106 e.